The Morgan fingerprint density at radius 3 is 2.28 bits per heavy atom. The molecule has 0 fully saturated rings. The maximum absolute atomic E-state index is 9.52. The van der Waals surface area contributed by atoms with Gasteiger partial charge in [-0.25, -0.2) is 0 Å². The van der Waals surface area contributed by atoms with Crippen LogP contribution in [-0.4, -0.2) is 18.3 Å². The lowest BCUT2D eigenvalue weighted by Gasteiger charge is -2.30. The van der Waals surface area contributed by atoms with Crippen molar-refractivity contribution in [3.63, 3.8) is 0 Å². The van der Waals surface area contributed by atoms with Crippen LogP contribution >= 0.6 is 23.2 Å². The van der Waals surface area contributed by atoms with Crippen LogP contribution in [0, 0.1) is 12.3 Å². The number of nitrogens with one attached hydrogen (secondary N) is 1. The molecule has 1 aromatic rings. The van der Waals surface area contributed by atoms with Gasteiger partial charge in [0.05, 0.1) is 17.3 Å². The van der Waals surface area contributed by atoms with Gasteiger partial charge in [-0.15, -0.1) is 0 Å². The summed E-state index contributed by atoms with van der Waals surface area (Å²) in [4.78, 5) is 0. The highest BCUT2D eigenvalue weighted by molar-refractivity contribution is 6.35. The number of aliphatic hydroxyl groups excluding tert-OH is 1. The van der Waals surface area contributed by atoms with Crippen LogP contribution in [0.3, 0.4) is 0 Å². The van der Waals surface area contributed by atoms with Crippen molar-refractivity contribution in [1.29, 1.82) is 0 Å². The zero-order valence-corrected chi connectivity index (χ0v) is 12.7. The van der Waals surface area contributed by atoms with E-state index in [0.717, 1.165) is 24.1 Å². The number of aliphatic hydroxyl groups is 1. The smallest absolute Gasteiger partial charge is 0.0641 e. The number of anilines is 1. The van der Waals surface area contributed by atoms with E-state index in [2.05, 4.69) is 19.2 Å². The van der Waals surface area contributed by atoms with Gasteiger partial charge >= 0.3 is 0 Å². The molecule has 0 heterocycles. The van der Waals surface area contributed by atoms with Crippen molar-refractivity contribution >= 4 is 28.9 Å². The third kappa shape index (κ3) is 3.53. The zero-order valence-electron chi connectivity index (χ0n) is 11.2. The fourth-order valence-electron chi connectivity index (χ4n) is 1.84. The molecule has 0 amide bonds. The fourth-order valence-corrected chi connectivity index (χ4v) is 2.29. The molecule has 0 unspecified atom stereocenters. The van der Waals surface area contributed by atoms with E-state index in [0.29, 0.717) is 16.6 Å². The summed E-state index contributed by atoms with van der Waals surface area (Å²) in [6.45, 7) is 6.96. The van der Waals surface area contributed by atoms with Crippen LogP contribution in [0.15, 0.2) is 12.1 Å². The lowest BCUT2D eigenvalue weighted by Crippen LogP contribution is -2.32. The maximum Gasteiger partial charge on any atom is 0.0641 e. The molecule has 0 aliphatic carbocycles. The summed E-state index contributed by atoms with van der Waals surface area (Å²) >= 11 is 12.3. The summed E-state index contributed by atoms with van der Waals surface area (Å²) in [5.74, 6) is 0. The van der Waals surface area contributed by atoms with Crippen molar-refractivity contribution in [2.45, 2.75) is 33.6 Å². The van der Waals surface area contributed by atoms with E-state index in [9.17, 15) is 5.11 Å². The Labute approximate surface area is 119 Å². The average Bonchev–Trinajstić information content (AvgIpc) is 2.37. The third-order valence-electron chi connectivity index (χ3n) is 3.74. The second-order valence-corrected chi connectivity index (χ2v) is 5.61. The molecule has 0 aromatic heterocycles. The van der Waals surface area contributed by atoms with Crippen molar-refractivity contribution in [3.8, 4) is 0 Å². The molecule has 0 saturated carbocycles. The Morgan fingerprint density at radius 2 is 1.78 bits per heavy atom. The molecular formula is C14H21Cl2NO. The largest absolute Gasteiger partial charge is 0.396 e. The highest BCUT2D eigenvalue weighted by Gasteiger charge is 2.25. The minimum absolute atomic E-state index is 0.0965. The molecule has 1 rings (SSSR count). The van der Waals surface area contributed by atoms with Gasteiger partial charge in [-0.3, -0.25) is 0 Å². The number of halogens is 2. The Kier molecular flexibility index (Phi) is 5.77. The molecule has 0 saturated heterocycles. The van der Waals surface area contributed by atoms with E-state index in [1.165, 1.54) is 0 Å². The number of rotatable bonds is 6. The first kappa shape index (κ1) is 15.6. The Balaban J connectivity index is 2.83. The molecule has 0 atom stereocenters. The van der Waals surface area contributed by atoms with Gasteiger partial charge in [0.25, 0.3) is 0 Å². The number of hydrogen-bond donors (Lipinski definition) is 2. The van der Waals surface area contributed by atoms with E-state index in [4.69, 9.17) is 23.2 Å². The fraction of sp³-hybridized carbons (Fsp3) is 0.571. The standard InChI is InChI=1S/C14H21Cl2NO/c1-4-14(5-2,9-18)8-17-13-7-11(15)10(3)6-12(13)16/h6-7,17-18H,4-5,8-9H2,1-3H3. The van der Waals surface area contributed by atoms with Crippen LogP contribution in [-0.2, 0) is 0 Å². The molecular weight excluding hydrogens is 269 g/mol. The number of hydrogen-bond acceptors (Lipinski definition) is 2. The van der Waals surface area contributed by atoms with Crippen molar-refractivity contribution in [3.05, 3.63) is 27.7 Å². The minimum Gasteiger partial charge on any atom is -0.396 e. The van der Waals surface area contributed by atoms with Crippen LogP contribution in [0.5, 0.6) is 0 Å². The first-order valence-corrected chi connectivity index (χ1v) is 7.04. The molecule has 0 radical (unpaired) electrons. The van der Waals surface area contributed by atoms with Crippen LogP contribution in [0.4, 0.5) is 5.69 Å². The molecule has 0 spiro atoms. The van der Waals surface area contributed by atoms with Gasteiger partial charge in [-0.1, -0.05) is 37.0 Å². The first-order valence-electron chi connectivity index (χ1n) is 6.28. The van der Waals surface area contributed by atoms with Crippen LogP contribution < -0.4 is 5.32 Å². The molecule has 2 nitrogen and oxygen atoms in total. The predicted octanol–water partition coefficient (Wildman–Crippen LogP) is 4.51. The van der Waals surface area contributed by atoms with Gasteiger partial charge in [-0.05, 0) is 37.5 Å². The molecule has 1 aromatic carbocycles. The topological polar surface area (TPSA) is 32.3 Å². The van der Waals surface area contributed by atoms with Crippen molar-refractivity contribution in [2.24, 2.45) is 5.41 Å². The Hall–Kier alpha value is -0.440. The zero-order chi connectivity index (χ0) is 13.8. The summed E-state index contributed by atoms with van der Waals surface area (Å²) in [6, 6.07) is 3.69. The summed E-state index contributed by atoms with van der Waals surface area (Å²) in [5, 5.41) is 14.2. The predicted molar refractivity (Wildman–Crippen MR) is 79.8 cm³/mol. The SMILES string of the molecule is CCC(CC)(CO)CNc1cc(Cl)c(C)cc1Cl. The van der Waals surface area contributed by atoms with Gasteiger partial charge in [0.2, 0.25) is 0 Å². The molecule has 4 heteroatoms. The highest BCUT2D eigenvalue weighted by atomic mass is 35.5. The van der Waals surface area contributed by atoms with Crippen molar-refractivity contribution in [1.82, 2.24) is 0 Å². The molecule has 0 aliphatic rings. The second kappa shape index (κ2) is 6.65. The van der Waals surface area contributed by atoms with E-state index >= 15 is 0 Å². The van der Waals surface area contributed by atoms with Gasteiger partial charge < -0.3 is 10.4 Å². The van der Waals surface area contributed by atoms with E-state index in [1.807, 2.05) is 19.1 Å². The molecule has 0 aliphatic heterocycles. The number of aryl methyl sites for hydroxylation is 1. The molecule has 0 bridgehead atoms. The third-order valence-corrected chi connectivity index (χ3v) is 4.46. The lowest BCUT2D eigenvalue weighted by molar-refractivity contribution is 0.127. The molecule has 102 valence electrons. The summed E-state index contributed by atoms with van der Waals surface area (Å²) in [5.41, 5.74) is 1.69. The summed E-state index contributed by atoms with van der Waals surface area (Å²) in [6.07, 6.45) is 1.84. The van der Waals surface area contributed by atoms with Crippen molar-refractivity contribution in [2.75, 3.05) is 18.5 Å². The molecule has 2 N–H and O–H groups in total. The van der Waals surface area contributed by atoms with Crippen LogP contribution in [0.1, 0.15) is 32.3 Å². The quantitative estimate of drug-likeness (QED) is 0.807. The summed E-state index contributed by atoms with van der Waals surface area (Å²) in [7, 11) is 0. The van der Waals surface area contributed by atoms with Gasteiger partial charge in [0.1, 0.15) is 0 Å². The summed E-state index contributed by atoms with van der Waals surface area (Å²) < 4.78 is 0. The monoisotopic (exact) mass is 289 g/mol. The van der Waals surface area contributed by atoms with Crippen LogP contribution in [0.25, 0.3) is 0 Å². The van der Waals surface area contributed by atoms with E-state index in [-0.39, 0.29) is 12.0 Å². The van der Waals surface area contributed by atoms with E-state index < -0.39 is 0 Å². The van der Waals surface area contributed by atoms with Crippen LogP contribution in [0.2, 0.25) is 10.0 Å². The second-order valence-electron chi connectivity index (χ2n) is 4.80. The molecule has 18 heavy (non-hydrogen) atoms. The highest BCUT2D eigenvalue weighted by Crippen LogP contribution is 2.31. The van der Waals surface area contributed by atoms with Gasteiger partial charge in [0.15, 0.2) is 0 Å². The maximum atomic E-state index is 9.52. The minimum atomic E-state index is -0.0965. The van der Waals surface area contributed by atoms with Gasteiger partial charge in [-0.2, -0.15) is 0 Å². The van der Waals surface area contributed by atoms with Crippen molar-refractivity contribution < 1.29 is 5.11 Å². The number of benzene rings is 1. The van der Waals surface area contributed by atoms with E-state index in [1.54, 1.807) is 0 Å². The lowest BCUT2D eigenvalue weighted by atomic mass is 9.83. The average molecular weight is 290 g/mol. The Bertz CT molecular complexity index is 395. The normalized spacial score (nSPS) is 11.7. The Morgan fingerprint density at radius 1 is 1.17 bits per heavy atom. The van der Waals surface area contributed by atoms with Gasteiger partial charge in [0, 0.05) is 17.0 Å². The first-order chi connectivity index (χ1) is 8.48.